The Hall–Kier alpha value is -2.87. The van der Waals surface area contributed by atoms with Gasteiger partial charge in [0.15, 0.2) is 0 Å². The second-order valence-electron chi connectivity index (χ2n) is 5.55. The summed E-state index contributed by atoms with van der Waals surface area (Å²) >= 11 is 1.19. The summed E-state index contributed by atoms with van der Waals surface area (Å²) in [5, 5.41) is 3.87. The highest BCUT2D eigenvalue weighted by molar-refractivity contribution is 7.18. The Bertz CT molecular complexity index is 874. The molecule has 7 nitrogen and oxygen atoms in total. The number of allylic oxidation sites excluding steroid dienone is 1. The molecule has 130 valence electrons. The molecule has 0 fully saturated rings. The van der Waals surface area contributed by atoms with E-state index in [9.17, 15) is 9.59 Å². The van der Waals surface area contributed by atoms with Crippen LogP contribution in [0.15, 0.2) is 35.8 Å². The predicted molar refractivity (Wildman–Crippen MR) is 96.3 cm³/mol. The molecule has 0 spiro atoms. The summed E-state index contributed by atoms with van der Waals surface area (Å²) < 4.78 is 5.23. The van der Waals surface area contributed by atoms with Crippen LogP contribution in [0.2, 0.25) is 0 Å². The zero-order chi connectivity index (χ0) is 18.1. The van der Waals surface area contributed by atoms with Crippen LogP contribution in [0.1, 0.15) is 40.6 Å². The SMILES string of the molecule is CCOC(=O)C1=C(C)Nc2sc(C(N)=O)c(N)c2[C@@H]1c1ccncc1. The lowest BCUT2D eigenvalue weighted by Crippen LogP contribution is -2.24. The first-order valence-corrected chi connectivity index (χ1v) is 8.54. The van der Waals surface area contributed by atoms with Crippen molar-refractivity contribution in [2.24, 2.45) is 5.73 Å². The molecule has 2 aromatic heterocycles. The first-order valence-electron chi connectivity index (χ1n) is 7.72. The number of pyridine rings is 1. The number of primary amides is 1. The highest BCUT2D eigenvalue weighted by Crippen LogP contribution is 2.49. The largest absolute Gasteiger partial charge is 0.463 e. The number of carbonyl (C=O) groups excluding carboxylic acids is 2. The van der Waals surface area contributed by atoms with Gasteiger partial charge >= 0.3 is 5.97 Å². The van der Waals surface area contributed by atoms with Gasteiger partial charge in [0, 0.05) is 29.6 Å². The minimum absolute atomic E-state index is 0.261. The van der Waals surface area contributed by atoms with Crippen molar-refractivity contribution in [2.75, 3.05) is 17.7 Å². The Morgan fingerprint density at radius 1 is 1.36 bits per heavy atom. The lowest BCUT2D eigenvalue weighted by Gasteiger charge is -2.28. The molecular formula is C17H18N4O3S. The van der Waals surface area contributed by atoms with Crippen LogP contribution in [-0.2, 0) is 9.53 Å². The second-order valence-corrected chi connectivity index (χ2v) is 6.57. The van der Waals surface area contributed by atoms with Crippen LogP contribution in [0, 0.1) is 0 Å². The maximum atomic E-state index is 12.6. The number of carbonyl (C=O) groups is 2. The van der Waals surface area contributed by atoms with Gasteiger partial charge in [0.2, 0.25) is 0 Å². The van der Waals surface area contributed by atoms with E-state index in [0.717, 1.165) is 5.56 Å². The number of hydrogen-bond acceptors (Lipinski definition) is 7. The minimum Gasteiger partial charge on any atom is -0.463 e. The van der Waals surface area contributed by atoms with E-state index >= 15 is 0 Å². The highest BCUT2D eigenvalue weighted by atomic mass is 32.1. The van der Waals surface area contributed by atoms with E-state index in [2.05, 4.69) is 10.3 Å². The number of nitrogens with one attached hydrogen (secondary N) is 1. The Morgan fingerprint density at radius 3 is 2.64 bits per heavy atom. The minimum atomic E-state index is -0.595. The van der Waals surface area contributed by atoms with Gasteiger partial charge in [0.1, 0.15) is 4.88 Å². The number of rotatable bonds is 4. The fourth-order valence-corrected chi connectivity index (χ4v) is 4.05. The van der Waals surface area contributed by atoms with Crippen LogP contribution < -0.4 is 16.8 Å². The third-order valence-electron chi connectivity index (χ3n) is 4.02. The number of esters is 1. The zero-order valence-corrected chi connectivity index (χ0v) is 14.6. The van der Waals surface area contributed by atoms with Gasteiger partial charge in [0.25, 0.3) is 5.91 Å². The van der Waals surface area contributed by atoms with Gasteiger partial charge in [-0.1, -0.05) is 0 Å². The molecule has 1 aliphatic heterocycles. The van der Waals surface area contributed by atoms with Gasteiger partial charge in [-0.15, -0.1) is 11.3 Å². The van der Waals surface area contributed by atoms with E-state index in [0.29, 0.717) is 21.8 Å². The van der Waals surface area contributed by atoms with Gasteiger partial charge in [-0.05, 0) is 31.5 Å². The molecule has 3 rings (SSSR count). The molecule has 25 heavy (non-hydrogen) atoms. The Balaban J connectivity index is 2.24. The first-order chi connectivity index (χ1) is 12.0. The quantitative estimate of drug-likeness (QED) is 0.721. The summed E-state index contributed by atoms with van der Waals surface area (Å²) in [6, 6.07) is 3.63. The van der Waals surface area contributed by atoms with Crippen LogP contribution in [0.5, 0.6) is 0 Å². The number of ether oxygens (including phenoxy) is 1. The Labute approximate surface area is 148 Å². The number of fused-ring (bicyclic) bond motifs is 1. The van der Waals surface area contributed by atoms with Crippen molar-refractivity contribution in [1.29, 1.82) is 0 Å². The van der Waals surface area contributed by atoms with Gasteiger partial charge in [-0.25, -0.2) is 4.79 Å². The molecule has 0 bridgehead atoms. The van der Waals surface area contributed by atoms with E-state index in [-0.39, 0.29) is 17.2 Å². The smallest absolute Gasteiger partial charge is 0.336 e. The fraction of sp³-hybridized carbons (Fsp3) is 0.235. The monoisotopic (exact) mass is 358 g/mol. The number of nitrogen functional groups attached to an aromatic ring is 1. The molecule has 0 radical (unpaired) electrons. The molecule has 1 aliphatic rings. The number of nitrogens with zero attached hydrogens (tertiary/aromatic N) is 1. The fourth-order valence-electron chi connectivity index (χ4n) is 2.99. The second kappa shape index (κ2) is 6.56. The molecule has 1 atom stereocenters. The summed E-state index contributed by atoms with van der Waals surface area (Å²) in [6.45, 7) is 3.81. The molecule has 3 heterocycles. The van der Waals surface area contributed by atoms with Crippen molar-refractivity contribution in [1.82, 2.24) is 4.98 Å². The predicted octanol–water partition coefficient (Wildman–Crippen LogP) is 2.22. The van der Waals surface area contributed by atoms with Crippen LogP contribution in [0.3, 0.4) is 0 Å². The summed E-state index contributed by atoms with van der Waals surface area (Å²) in [5.41, 5.74) is 14.6. The summed E-state index contributed by atoms with van der Waals surface area (Å²) in [6.07, 6.45) is 3.29. The molecule has 0 saturated carbocycles. The number of thiophene rings is 1. The molecule has 1 amide bonds. The average Bonchev–Trinajstić information content (AvgIpc) is 2.91. The number of amides is 1. The van der Waals surface area contributed by atoms with Crippen molar-refractivity contribution >= 4 is 33.9 Å². The van der Waals surface area contributed by atoms with Crippen molar-refractivity contribution in [3.63, 3.8) is 0 Å². The zero-order valence-electron chi connectivity index (χ0n) is 13.8. The van der Waals surface area contributed by atoms with Crippen molar-refractivity contribution in [3.8, 4) is 0 Å². The molecule has 8 heteroatoms. The van der Waals surface area contributed by atoms with E-state index in [1.165, 1.54) is 11.3 Å². The summed E-state index contributed by atoms with van der Waals surface area (Å²) in [5.74, 6) is -1.48. The number of anilines is 2. The third-order valence-corrected chi connectivity index (χ3v) is 5.18. The lowest BCUT2D eigenvalue weighted by molar-refractivity contribution is -0.138. The van der Waals surface area contributed by atoms with E-state index in [1.54, 1.807) is 26.2 Å². The molecule has 0 saturated heterocycles. The van der Waals surface area contributed by atoms with Crippen molar-refractivity contribution in [2.45, 2.75) is 19.8 Å². The average molecular weight is 358 g/mol. The van der Waals surface area contributed by atoms with Gasteiger partial charge in [-0.3, -0.25) is 9.78 Å². The number of nitrogens with two attached hydrogens (primary N) is 2. The number of hydrogen-bond donors (Lipinski definition) is 3. The maximum absolute atomic E-state index is 12.6. The molecule has 2 aromatic rings. The third kappa shape index (κ3) is 2.85. The van der Waals surface area contributed by atoms with Crippen molar-refractivity contribution < 1.29 is 14.3 Å². The highest BCUT2D eigenvalue weighted by Gasteiger charge is 2.37. The van der Waals surface area contributed by atoms with Crippen LogP contribution in [-0.4, -0.2) is 23.5 Å². The van der Waals surface area contributed by atoms with Gasteiger partial charge < -0.3 is 21.5 Å². The topological polar surface area (TPSA) is 120 Å². The van der Waals surface area contributed by atoms with Crippen LogP contribution >= 0.6 is 11.3 Å². The Morgan fingerprint density at radius 2 is 2.04 bits per heavy atom. The molecule has 0 aromatic carbocycles. The van der Waals surface area contributed by atoms with Crippen molar-refractivity contribution in [3.05, 3.63) is 51.8 Å². The van der Waals surface area contributed by atoms with Gasteiger partial charge in [0.05, 0.1) is 22.9 Å². The van der Waals surface area contributed by atoms with E-state index < -0.39 is 17.8 Å². The summed E-state index contributed by atoms with van der Waals surface area (Å²) in [4.78, 5) is 28.6. The van der Waals surface area contributed by atoms with E-state index in [1.807, 2.05) is 12.1 Å². The molecular weight excluding hydrogens is 340 g/mol. The van der Waals surface area contributed by atoms with Gasteiger partial charge in [-0.2, -0.15) is 0 Å². The normalized spacial score (nSPS) is 16.2. The van der Waals surface area contributed by atoms with Crippen LogP contribution in [0.4, 0.5) is 10.7 Å². The molecule has 5 N–H and O–H groups in total. The Kier molecular flexibility index (Phi) is 4.45. The van der Waals surface area contributed by atoms with E-state index in [4.69, 9.17) is 16.2 Å². The first kappa shape index (κ1) is 17.0. The standard InChI is InChI=1S/C17H18N4O3S/c1-3-24-17(23)10-8(2)21-16-12(13(18)14(25-16)15(19)22)11(10)9-4-6-20-7-5-9/h4-7,11,21H,3,18H2,1-2H3,(H2,19,22)/t11-/m1/s1. The lowest BCUT2D eigenvalue weighted by atomic mass is 9.82. The van der Waals surface area contributed by atoms with Crippen LogP contribution in [0.25, 0.3) is 0 Å². The number of aromatic nitrogens is 1. The maximum Gasteiger partial charge on any atom is 0.336 e. The molecule has 0 unspecified atom stereocenters. The summed E-state index contributed by atoms with van der Waals surface area (Å²) in [7, 11) is 0. The molecule has 0 aliphatic carbocycles.